The fourth-order valence-electron chi connectivity index (χ4n) is 4.49. The normalized spacial score (nSPS) is 21.6. The molecule has 0 bridgehead atoms. The first-order valence-electron chi connectivity index (χ1n) is 10.4. The van der Waals surface area contributed by atoms with Crippen molar-refractivity contribution in [2.75, 3.05) is 23.4 Å². The van der Waals surface area contributed by atoms with Crippen molar-refractivity contribution in [1.29, 1.82) is 0 Å². The Labute approximate surface area is 171 Å². The highest BCUT2D eigenvalue weighted by Crippen LogP contribution is 2.28. The molecule has 0 radical (unpaired) electrons. The van der Waals surface area contributed by atoms with Crippen LogP contribution in [0.2, 0.25) is 0 Å². The number of likely N-dealkylation sites (tertiary alicyclic amines) is 1. The molecule has 2 aromatic rings. The van der Waals surface area contributed by atoms with E-state index in [0.29, 0.717) is 6.04 Å². The Morgan fingerprint density at radius 2 is 1.86 bits per heavy atom. The zero-order valence-electron chi connectivity index (χ0n) is 16.9. The van der Waals surface area contributed by atoms with Crippen LogP contribution < -0.4 is 5.32 Å². The summed E-state index contributed by atoms with van der Waals surface area (Å²) in [7, 11) is 0. The van der Waals surface area contributed by atoms with Crippen molar-refractivity contribution in [2.45, 2.75) is 58.0 Å². The Morgan fingerprint density at radius 3 is 2.54 bits per heavy atom. The predicted octanol–water partition coefficient (Wildman–Crippen LogP) is 4.18. The van der Waals surface area contributed by atoms with Gasteiger partial charge in [-0.2, -0.15) is 16.9 Å². The number of carbonyl (C=O) groups excluding carboxylic acids is 1. The van der Waals surface area contributed by atoms with E-state index < -0.39 is 0 Å². The third-order valence-corrected chi connectivity index (χ3v) is 6.94. The number of hydrogen-bond donors (Lipinski definition) is 1. The second-order valence-electron chi connectivity index (χ2n) is 7.97. The van der Waals surface area contributed by atoms with Crippen LogP contribution in [0.15, 0.2) is 30.3 Å². The average molecular weight is 399 g/mol. The van der Waals surface area contributed by atoms with E-state index in [-0.39, 0.29) is 11.9 Å². The number of hydrogen-bond acceptors (Lipinski definition) is 4. The SMILES string of the molecule is Cc1cc(C)n(-c2ccc(NC(=O)[C@H]3CCCCN3C3CCSCC3)cc2)n1. The second-order valence-corrected chi connectivity index (χ2v) is 9.19. The third-order valence-electron chi connectivity index (χ3n) is 5.90. The van der Waals surface area contributed by atoms with Crippen molar-refractivity contribution in [2.24, 2.45) is 0 Å². The fourth-order valence-corrected chi connectivity index (χ4v) is 5.57. The monoisotopic (exact) mass is 398 g/mol. The molecule has 1 atom stereocenters. The molecule has 150 valence electrons. The zero-order chi connectivity index (χ0) is 19.5. The van der Waals surface area contributed by atoms with Crippen LogP contribution in [0.25, 0.3) is 5.69 Å². The van der Waals surface area contributed by atoms with E-state index in [1.165, 1.54) is 30.8 Å². The van der Waals surface area contributed by atoms with Gasteiger partial charge in [0.15, 0.2) is 0 Å². The largest absolute Gasteiger partial charge is 0.325 e. The lowest BCUT2D eigenvalue weighted by molar-refractivity contribution is -0.123. The number of aryl methyl sites for hydroxylation is 2. The maximum absolute atomic E-state index is 13.1. The van der Waals surface area contributed by atoms with Crippen LogP contribution in [-0.2, 0) is 4.79 Å². The molecule has 2 aliphatic heterocycles. The lowest BCUT2D eigenvalue weighted by Gasteiger charge is -2.41. The number of nitrogens with one attached hydrogen (secondary N) is 1. The van der Waals surface area contributed by atoms with E-state index >= 15 is 0 Å². The predicted molar refractivity (Wildman–Crippen MR) is 116 cm³/mol. The van der Waals surface area contributed by atoms with E-state index in [2.05, 4.69) is 28.3 Å². The van der Waals surface area contributed by atoms with Crippen LogP contribution >= 0.6 is 11.8 Å². The number of anilines is 1. The van der Waals surface area contributed by atoms with E-state index in [1.54, 1.807) is 0 Å². The first-order chi connectivity index (χ1) is 13.6. The second kappa shape index (κ2) is 8.70. The summed E-state index contributed by atoms with van der Waals surface area (Å²) in [4.78, 5) is 15.5. The summed E-state index contributed by atoms with van der Waals surface area (Å²) in [6.45, 7) is 5.11. The molecule has 1 amide bonds. The summed E-state index contributed by atoms with van der Waals surface area (Å²) >= 11 is 2.04. The summed E-state index contributed by atoms with van der Waals surface area (Å²) in [5.41, 5.74) is 3.99. The molecule has 28 heavy (non-hydrogen) atoms. The van der Waals surface area contributed by atoms with Gasteiger partial charge in [-0.3, -0.25) is 9.69 Å². The molecule has 1 N–H and O–H groups in total. The summed E-state index contributed by atoms with van der Waals surface area (Å²) < 4.78 is 1.94. The van der Waals surface area contributed by atoms with Crippen molar-refractivity contribution >= 4 is 23.4 Å². The van der Waals surface area contributed by atoms with Gasteiger partial charge in [-0.25, -0.2) is 4.68 Å². The molecular weight excluding hydrogens is 368 g/mol. The van der Waals surface area contributed by atoms with E-state index in [4.69, 9.17) is 0 Å². The molecule has 2 fully saturated rings. The lowest BCUT2D eigenvalue weighted by atomic mass is 9.96. The summed E-state index contributed by atoms with van der Waals surface area (Å²) in [5.74, 6) is 2.60. The summed E-state index contributed by atoms with van der Waals surface area (Å²) in [6.07, 6.45) is 5.76. The van der Waals surface area contributed by atoms with Crippen molar-refractivity contribution in [3.8, 4) is 5.69 Å². The minimum absolute atomic E-state index is 0.0116. The maximum atomic E-state index is 13.1. The van der Waals surface area contributed by atoms with E-state index in [0.717, 1.165) is 42.1 Å². The van der Waals surface area contributed by atoms with Crippen LogP contribution in [0.1, 0.15) is 43.5 Å². The smallest absolute Gasteiger partial charge is 0.241 e. The summed E-state index contributed by atoms with van der Waals surface area (Å²) in [6, 6.07) is 10.7. The van der Waals surface area contributed by atoms with Gasteiger partial charge in [-0.15, -0.1) is 0 Å². The highest BCUT2D eigenvalue weighted by Gasteiger charge is 2.34. The van der Waals surface area contributed by atoms with Gasteiger partial charge in [0.2, 0.25) is 5.91 Å². The van der Waals surface area contributed by atoms with Crippen molar-refractivity contribution in [1.82, 2.24) is 14.7 Å². The zero-order valence-corrected chi connectivity index (χ0v) is 17.7. The lowest BCUT2D eigenvalue weighted by Crippen LogP contribution is -2.52. The molecule has 0 saturated carbocycles. The van der Waals surface area contributed by atoms with Crippen molar-refractivity contribution in [3.63, 3.8) is 0 Å². The number of aromatic nitrogens is 2. The number of thioether (sulfide) groups is 1. The van der Waals surface area contributed by atoms with E-state index in [1.807, 2.05) is 47.6 Å². The standard InChI is InChI=1S/C22H30N4OS/c1-16-15-17(2)26(24-16)20-8-6-18(7-9-20)23-22(27)21-5-3-4-12-25(21)19-10-13-28-14-11-19/h6-9,15,19,21H,3-5,10-14H2,1-2H3,(H,23,27)/t21-/m1/s1. The van der Waals surface area contributed by atoms with Crippen LogP contribution in [0.4, 0.5) is 5.69 Å². The van der Waals surface area contributed by atoms with Crippen LogP contribution in [0, 0.1) is 13.8 Å². The number of rotatable bonds is 4. The van der Waals surface area contributed by atoms with Gasteiger partial charge in [-0.1, -0.05) is 6.42 Å². The van der Waals surface area contributed by atoms with Gasteiger partial charge in [0.1, 0.15) is 0 Å². The third kappa shape index (κ3) is 4.28. The van der Waals surface area contributed by atoms with Crippen molar-refractivity contribution in [3.05, 3.63) is 41.7 Å². The van der Waals surface area contributed by atoms with Gasteiger partial charge in [0, 0.05) is 17.4 Å². The van der Waals surface area contributed by atoms with Gasteiger partial charge in [-0.05, 0) is 87.9 Å². The number of amides is 1. The van der Waals surface area contributed by atoms with Gasteiger partial charge in [0.05, 0.1) is 17.4 Å². The Morgan fingerprint density at radius 1 is 1.11 bits per heavy atom. The van der Waals surface area contributed by atoms with Crippen LogP contribution in [-0.4, -0.2) is 50.7 Å². The molecule has 0 unspecified atom stereocenters. The molecule has 0 spiro atoms. The Bertz CT molecular complexity index is 810. The Kier molecular flexibility index (Phi) is 6.07. The van der Waals surface area contributed by atoms with Gasteiger partial charge >= 0.3 is 0 Å². The molecule has 3 heterocycles. The maximum Gasteiger partial charge on any atom is 0.241 e. The fraction of sp³-hybridized carbons (Fsp3) is 0.545. The summed E-state index contributed by atoms with van der Waals surface area (Å²) in [5, 5.41) is 7.69. The molecule has 1 aromatic carbocycles. The van der Waals surface area contributed by atoms with Gasteiger partial charge < -0.3 is 5.32 Å². The van der Waals surface area contributed by atoms with Gasteiger partial charge in [0.25, 0.3) is 0 Å². The molecule has 5 nitrogen and oxygen atoms in total. The van der Waals surface area contributed by atoms with E-state index in [9.17, 15) is 4.79 Å². The minimum Gasteiger partial charge on any atom is -0.325 e. The number of carbonyl (C=O) groups is 1. The quantitative estimate of drug-likeness (QED) is 0.839. The topological polar surface area (TPSA) is 50.2 Å². The molecule has 2 aliphatic rings. The molecule has 4 rings (SSSR count). The number of nitrogens with zero attached hydrogens (tertiary/aromatic N) is 3. The van der Waals surface area contributed by atoms with Crippen molar-refractivity contribution < 1.29 is 4.79 Å². The number of benzene rings is 1. The Hall–Kier alpha value is -1.79. The molecule has 2 saturated heterocycles. The first kappa shape index (κ1) is 19.5. The molecule has 0 aliphatic carbocycles. The molecule has 6 heteroatoms. The highest BCUT2D eigenvalue weighted by atomic mass is 32.2. The molecular formula is C22H30N4OS. The average Bonchev–Trinajstić information content (AvgIpc) is 3.07. The van der Waals surface area contributed by atoms with Crippen LogP contribution in [0.5, 0.6) is 0 Å². The molecule has 1 aromatic heterocycles. The number of piperidine rings is 1. The first-order valence-corrected chi connectivity index (χ1v) is 11.6. The minimum atomic E-state index is 0.0116. The highest BCUT2D eigenvalue weighted by molar-refractivity contribution is 7.99. The Balaban J connectivity index is 1.44. The van der Waals surface area contributed by atoms with Crippen LogP contribution in [0.3, 0.4) is 0 Å².